The number of rotatable bonds is 4. The molecule has 0 radical (unpaired) electrons. The lowest BCUT2D eigenvalue weighted by atomic mass is 10.1. The molecule has 30 heavy (non-hydrogen) atoms. The van der Waals surface area contributed by atoms with E-state index in [0.29, 0.717) is 36.0 Å². The van der Waals surface area contributed by atoms with Gasteiger partial charge in [-0.05, 0) is 50.7 Å². The molecule has 1 N–H and O–H groups in total. The number of aromatic nitrogens is 4. The molecule has 0 spiro atoms. The average Bonchev–Trinajstić information content (AvgIpc) is 3.19. The van der Waals surface area contributed by atoms with Crippen LogP contribution in [0.25, 0.3) is 22.4 Å². The van der Waals surface area contributed by atoms with Crippen LogP contribution in [0.2, 0.25) is 0 Å². The van der Waals surface area contributed by atoms with E-state index in [9.17, 15) is 8.78 Å². The normalized spacial score (nSPS) is 22.3. The van der Waals surface area contributed by atoms with Crippen molar-refractivity contribution in [1.29, 1.82) is 0 Å². The number of ether oxygens (including phenoxy) is 2. The Kier molecular flexibility index (Phi) is 5.30. The largest absolute Gasteiger partial charge is 0.359 e. The van der Waals surface area contributed by atoms with Crippen molar-refractivity contribution in [2.24, 2.45) is 0 Å². The van der Waals surface area contributed by atoms with Crippen LogP contribution in [0, 0.1) is 11.6 Å². The summed E-state index contributed by atoms with van der Waals surface area (Å²) in [6.45, 7) is 1.35. The standard InChI is InChI=1S/C21H23F2N5O2/c22-13-7-8-14(15(23)11-13)18-19-20(28(12-24-19)17-6-2-4-10-30-17)27-21(26-18)25-16-5-1-3-9-29-16/h7-8,11-12,16-17H,1-6,9-10H2,(H,25,26,27). The Labute approximate surface area is 172 Å². The van der Waals surface area contributed by atoms with Gasteiger partial charge >= 0.3 is 0 Å². The van der Waals surface area contributed by atoms with Gasteiger partial charge in [0.25, 0.3) is 0 Å². The van der Waals surface area contributed by atoms with Crippen LogP contribution in [0.5, 0.6) is 0 Å². The van der Waals surface area contributed by atoms with Crippen LogP contribution in [0.15, 0.2) is 24.5 Å². The number of fused-ring (bicyclic) bond motifs is 1. The van der Waals surface area contributed by atoms with Crippen LogP contribution >= 0.6 is 0 Å². The van der Waals surface area contributed by atoms with Crippen molar-refractivity contribution >= 4 is 17.1 Å². The second-order valence-corrected chi connectivity index (χ2v) is 7.66. The zero-order valence-electron chi connectivity index (χ0n) is 16.5. The molecule has 4 heterocycles. The van der Waals surface area contributed by atoms with E-state index in [1.54, 1.807) is 6.33 Å². The van der Waals surface area contributed by atoms with E-state index in [-0.39, 0.29) is 18.0 Å². The first-order valence-electron chi connectivity index (χ1n) is 10.4. The summed E-state index contributed by atoms with van der Waals surface area (Å²) in [5, 5.41) is 3.21. The first kappa shape index (κ1) is 19.3. The first-order chi connectivity index (χ1) is 14.7. The number of hydrogen-bond acceptors (Lipinski definition) is 6. The van der Waals surface area contributed by atoms with E-state index >= 15 is 0 Å². The van der Waals surface area contributed by atoms with Gasteiger partial charge in [-0.2, -0.15) is 4.98 Å². The maximum absolute atomic E-state index is 14.6. The summed E-state index contributed by atoms with van der Waals surface area (Å²) < 4.78 is 41.6. The second kappa shape index (κ2) is 8.23. The Hall–Kier alpha value is -2.65. The summed E-state index contributed by atoms with van der Waals surface area (Å²) in [4.78, 5) is 13.7. The Morgan fingerprint density at radius 3 is 2.57 bits per heavy atom. The van der Waals surface area contributed by atoms with Crippen LogP contribution in [-0.2, 0) is 9.47 Å². The highest BCUT2D eigenvalue weighted by molar-refractivity contribution is 5.88. The predicted octanol–water partition coefficient (Wildman–Crippen LogP) is 4.41. The fourth-order valence-corrected chi connectivity index (χ4v) is 4.00. The Morgan fingerprint density at radius 1 is 1.00 bits per heavy atom. The highest BCUT2D eigenvalue weighted by atomic mass is 19.1. The molecule has 0 saturated carbocycles. The molecule has 2 aromatic heterocycles. The Bertz CT molecular complexity index is 1050. The van der Waals surface area contributed by atoms with Crippen LogP contribution in [0.1, 0.15) is 44.8 Å². The molecule has 0 aliphatic carbocycles. The van der Waals surface area contributed by atoms with Gasteiger partial charge < -0.3 is 14.8 Å². The minimum absolute atomic E-state index is 0.172. The molecule has 0 amide bonds. The minimum atomic E-state index is -0.696. The van der Waals surface area contributed by atoms with Crippen molar-refractivity contribution in [2.45, 2.75) is 51.0 Å². The lowest BCUT2D eigenvalue weighted by molar-refractivity contribution is -0.0298. The first-order valence-corrected chi connectivity index (χ1v) is 10.4. The molecule has 5 rings (SSSR count). The van der Waals surface area contributed by atoms with E-state index in [1.807, 2.05) is 4.57 Å². The molecule has 3 aromatic rings. The van der Waals surface area contributed by atoms with Crippen LogP contribution in [0.4, 0.5) is 14.7 Å². The monoisotopic (exact) mass is 415 g/mol. The van der Waals surface area contributed by atoms with Gasteiger partial charge in [-0.1, -0.05) is 0 Å². The molecule has 9 heteroatoms. The van der Waals surface area contributed by atoms with Gasteiger partial charge in [0.05, 0.1) is 6.33 Å². The maximum Gasteiger partial charge on any atom is 0.227 e. The topological polar surface area (TPSA) is 74.1 Å². The molecule has 2 atom stereocenters. The van der Waals surface area contributed by atoms with Crippen LogP contribution in [-0.4, -0.2) is 39.0 Å². The lowest BCUT2D eigenvalue weighted by Gasteiger charge is -2.25. The molecule has 2 unspecified atom stereocenters. The van der Waals surface area contributed by atoms with E-state index in [0.717, 1.165) is 44.6 Å². The fourth-order valence-electron chi connectivity index (χ4n) is 4.00. The number of nitrogens with zero attached hydrogens (tertiary/aromatic N) is 4. The zero-order valence-corrected chi connectivity index (χ0v) is 16.5. The van der Waals surface area contributed by atoms with Crippen molar-refractivity contribution in [2.75, 3.05) is 18.5 Å². The molecule has 0 bridgehead atoms. The van der Waals surface area contributed by atoms with Gasteiger partial charge in [0, 0.05) is 24.8 Å². The van der Waals surface area contributed by atoms with Gasteiger partial charge in [-0.15, -0.1) is 0 Å². The molecular formula is C21H23F2N5O2. The number of hydrogen-bond donors (Lipinski definition) is 1. The zero-order chi connectivity index (χ0) is 20.5. The van der Waals surface area contributed by atoms with E-state index < -0.39 is 11.6 Å². The van der Waals surface area contributed by atoms with Crippen LogP contribution < -0.4 is 5.32 Å². The van der Waals surface area contributed by atoms with Gasteiger partial charge in [0.2, 0.25) is 5.95 Å². The van der Waals surface area contributed by atoms with Crippen molar-refractivity contribution in [1.82, 2.24) is 19.5 Å². The third-order valence-electron chi connectivity index (χ3n) is 5.54. The van der Waals surface area contributed by atoms with E-state index in [1.165, 1.54) is 12.1 Å². The highest BCUT2D eigenvalue weighted by Gasteiger charge is 2.24. The highest BCUT2D eigenvalue weighted by Crippen LogP contribution is 2.32. The molecular weight excluding hydrogens is 392 g/mol. The summed E-state index contributed by atoms with van der Waals surface area (Å²) in [6.07, 6.45) is 7.11. The van der Waals surface area contributed by atoms with Crippen molar-refractivity contribution in [3.63, 3.8) is 0 Å². The Morgan fingerprint density at radius 2 is 1.83 bits per heavy atom. The van der Waals surface area contributed by atoms with Gasteiger partial charge in [0.15, 0.2) is 5.65 Å². The number of anilines is 1. The summed E-state index contributed by atoms with van der Waals surface area (Å²) in [7, 11) is 0. The van der Waals surface area contributed by atoms with Gasteiger partial charge in [0.1, 0.15) is 35.3 Å². The van der Waals surface area contributed by atoms with Gasteiger partial charge in [-0.25, -0.2) is 18.7 Å². The van der Waals surface area contributed by atoms with E-state index in [4.69, 9.17) is 9.47 Å². The molecule has 2 aliphatic rings. The molecule has 2 aliphatic heterocycles. The second-order valence-electron chi connectivity index (χ2n) is 7.66. The SMILES string of the molecule is Fc1ccc(-c2nc(NC3CCCCO3)nc3c2ncn3C2CCCCO2)c(F)c1. The molecule has 2 fully saturated rings. The molecule has 158 valence electrons. The third kappa shape index (κ3) is 3.75. The minimum Gasteiger partial charge on any atom is -0.359 e. The average molecular weight is 415 g/mol. The summed E-state index contributed by atoms with van der Waals surface area (Å²) >= 11 is 0. The van der Waals surface area contributed by atoms with Crippen molar-refractivity contribution < 1.29 is 18.3 Å². The van der Waals surface area contributed by atoms with E-state index in [2.05, 4.69) is 20.3 Å². The summed E-state index contributed by atoms with van der Waals surface area (Å²) in [5.74, 6) is -1.01. The number of imidazole rings is 1. The van der Waals surface area contributed by atoms with Crippen LogP contribution in [0.3, 0.4) is 0 Å². The molecule has 7 nitrogen and oxygen atoms in total. The van der Waals surface area contributed by atoms with Crippen molar-refractivity contribution in [3.8, 4) is 11.3 Å². The van der Waals surface area contributed by atoms with Gasteiger partial charge in [-0.3, -0.25) is 4.57 Å². The fraction of sp³-hybridized carbons (Fsp3) is 0.476. The summed E-state index contributed by atoms with van der Waals surface area (Å²) in [5.41, 5.74) is 1.48. The molecule has 1 aromatic carbocycles. The summed E-state index contributed by atoms with van der Waals surface area (Å²) in [6, 6.07) is 3.44. The predicted molar refractivity (Wildman–Crippen MR) is 107 cm³/mol. The number of benzene rings is 1. The quantitative estimate of drug-likeness (QED) is 0.681. The number of nitrogens with one attached hydrogen (secondary N) is 1. The molecule has 2 saturated heterocycles. The third-order valence-corrected chi connectivity index (χ3v) is 5.54. The lowest BCUT2D eigenvalue weighted by Crippen LogP contribution is -2.28. The maximum atomic E-state index is 14.6. The number of halogens is 2. The van der Waals surface area contributed by atoms with Crippen molar-refractivity contribution in [3.05, 3.63) is 36.2 Å². The smallest absolute Gasteiger partial charge is 0.227 e. The Balaban J connectivity index is 1.62.